The van der Waals surface area contributed by atoms with Crippen LogP contribution in [0.2, 0.25) is 17.3 Å². The van der Waals surface area contributed by atoms with Crippen LogP contribution in [-0.2, 0) is 10.5 Å². The monoisotopic (exact) mass is 409 g/mol. The Morgan fingerprint density at radius 1 is 1.24 bits per heavy atom. The Kier molecular flexibility index (Phi) is 5.36. The number of aromatic nitrogens is 1. The zero-order valence-corrected chi connectivity index (χ0v) is 17.0. The van der Waals surface area contributed by atoms with Gasteiger partial charge in [-0.1, -0.05) is 0 Å². The number of hydrogen-bond acceptors (Lipinski definition) is 5. The average Bonchev–Trinajstić information content (AvgIpc) is 2.51. The first-order valence-electron chi connectivity index (χ1n) is 7.84. The number of rotatable bonds is 4. The summed E-state index contributed by atoms with van der Waals surface area (Å²) in [5, 5.41) is 18.9. The van der Waals surface area contributed by atoms with Crippen molar-refractivity contribution in [3.63, 3.8) is 0 Å². The third kappa shape index (κ3) is 4.26. The molecule has 0 bridgehead atoms. The van der Waals surface area contributed by atoms with Gasteiger partial charge in [-0.15, -0.1) is 0 Å². The van der Waals surface area contributed by atoms with E-state index < -0.39 is 30.7 Å². The SMILES string of the molecule is CC(C)(O)c1cc(-c2ccc(C(=O)OO)cc2F)nc[c]1[Ge]([CH3])([CH3])[CH3]. The molecular formula is C18H22FGeNO4. The normalized spacial score (nSPS) is 12.2. The van der Waals surface area contributed by atoms with Crippen LogP contribution >= 0.6 is 0 Å². The number of halogens is 1. The molecule has 134 valence electrons. The van der Waals surface area contributed by atoms with E-state index in [4.69, 9.17) is 5.26 Å². The molecule has 0 radical (unpaired) electrons. The van der Waals surface area contributed by atoms with Gasteiger partial charge in [-0.25, -0.2) is 0 Å². The van der Waals surface area contributed by atoms with E-state index >= 15 is 0 Å². The van der Waals surface area contributed by atoms with Crippen molar-refractivity contribution < 1.29 is 24.4 Å². The van der Waals surface area contributed by atoms with Gasteiger partial charge in [0.15, 0.2) is 0 Å². The summed E-state index contributed by atoms with van der Waals surface area (Å²) < 4.78 is 15.5. The molecule has 1 aromatic heterocycles. The summed E-state index contributed by atoms with van der Waals surface area (Å²) in [5.41, 5.74) is 0.126. The Labute approximate surface area is 148 Å². The average molecular weight is 408 g/mol. The molecule has 0 aliphatic carbocycles. The summed E-state index contributed by atoms with van der Waals surface area (Å²) in [6.07, 6.45) is 1.72. The maximum absolute atomic E-state index is 14.4. The third-order valence-electron chi connectivity index (χ3n) is 3.93. The number of pyridine rings is 1. The Morgan fingerprint density at radius 3 is 2.36 bits per heavy atom. The standard InChI is InChI=1S/C18H22FGeNO4/c1-18(2,23)13-9-16(21-10-15(13)20(3,4)5)12-7-6-11(8-14(12)19)17(22)25-24/h6-10,23-24H,1-5H3. The molecule has 2 rings (SSSR count). The zero-order valence-electron chi connectivity index (χ0n) is 14.9. The molecule has 0 atom stereocenters. The molecule has 0 fully saturated rings. The van der Waals surface area contributed by atoms with Gasteiger partial charge in [0.25, 0.3) is 0 Å². The second-order valence-corrected chi connectivity index (χ2v) is 18.1. The zero-order chi connectivity index (χ0) is 19.0. The van der Waals surface area contributed by atoms with Gasteiger partial charge in [0.1, 0.15) is 0 Å². The molecule has 0 spiro atoms. The van der Waals surface area contributed by atoms with E-state index in [0.717, 1.165) is 16.0 Å². The van der Waals surface area contributed by atoms with E-state index in [-0.39, 0.29) is 11.1 Å². The van der Waals surface area contributed by atoms with E-state index in [1.54, 1.807) is 26.1 Å². The Morgan fingerprint density at radius 2 is 1.88 bits per heavy atom. The summed E-state index contributed by atoms with van der Waals surface area (Å²) in [6.45, 7) is 3.39. The molecule has 5 nitrogen and oxygen atoms in total. The maximum atomic E-state index is 14.4. The van der Waals surface area contributed by atoms with Gasteiger partial charge in [-0.2, -0.15) is 0 Å². The molecule has 0 aliphatic rings. The fourth-order valence-corrected chi connectivity index (χ4v) is 6.05. The molecule has 0 saturated carbocycles. The van der Waals surface area contributed by atoms with Crippen LogP contribution in [0.5, 0.6) is 0 Å². The predicted molar refractivity (Wildman–Crippen MR) is 95.9 cm³/mol. The second-order valence-electron chi connectivity index (χ2n) is 7.50. The van der Waals surface area contributed by atoms with Crippen LogP contribution in [0.3, 0.4) is 0 Å². The summed E-state index contributed by atoms with van der Waals surface area (Å²) in [6, 6.07) is 5.43. The van der Waals surface area contributed by atoms with Crippen molar-refractivity contribution in [1.82, 2.24) is 4.98 Å². The van der Waals surface area contributed by atoms with Gasteiger partial charge in [-0.05, 0) is 0 Å². The Balaban J connectivity index is 2.60. The van der Waals surface area contributed by atoms with Crippen LogP contribution in [0, 0.1) is 5.82 Å². The van der Waals surface area contributed by atoms with Crippen molar-refractivity contribution in [3.05, 3.63) is 47.4 Å². The first-order chi connectivity index (χ1) is 11.4. The minimum atomic E-state index is -2.29. The van der Waals surface area contributed by atoms with Gasteiger partial charge < -0.3 is 0 Å². The van der Waals surface area contributed by atoms with E-state index in [9.17, 15) is 14.3 Å². The molecule has 1 heterocycles. The van der Waals surface area contributed by atoms with E-state index in [2.05, 4.69) is 27.1 Å². The van der Waals surface area contributed by atoms with Gasteiger partial charge in [0.05, 0.1) is 0 Å². The Bertz CT molecular complexity index is 810. The quantitative estimate of drug-likeness (QED) is 0.462. The molecule has 0 aliphatic heterocycles. The van der Waals surface area contributed by atoms with Crippen LogP contribution in [0.4, 0.5) is 4.39 Å². The van der Waals surface area contributed by atoms with Crippen molar-refractivity contribution in [3.8, 4) is 11.3 Å². The third-order valence-corrected chi connectivity index (χ3v) is 8.16. The number of carbonyl (C=O) groups is 1. The molecule has 0 amide bonds. The van der Waals surface area contributed by atoms with Gasteiger partial charge in [-0.3, -0.25) is 0 Å². The fraction of sp³-hybridized carbons (Fsp3) is 0.333. The predicted octanol–water partition coefficient (Wildman–Crippen LogP) is 3.29. The van der Waals surface area contributed by atoms with Crippen LogP contribution in [0.25, 0.3) is 11.3 Å². The fourth-order valence-electron chi connectivity index (χ4n) is 2.61. The van der Waals surface area contributed by atoms with Gasteiger partial charge >= 0.3 is 148 Å². The van der Waals surface area contributed by atoms with Crippen molar-refractivity contribution in [2.75, 3.05) is 0 Å². The number of aliphatic hydroxyl groups is 1. The molecule has 2 N–H and O–H groups in total. The molecular weight excluding hydrogens is 386 g/mol. The van der Waals surface area contributed by atoms with Crippen molar-refractivity contribution in [2.24, 2.45) is 0 Å². The topological polar surface area (TPSA) is 79.7 Å². The molecule has 2 aromatic rings. The molecule has 1 aromatic carbocycles. The molecule has 0 unspecified atom stereocenters. The van der Waals surface area contributed by atoms with Crippen LogP contribution < -0.4 is 4.40 Å². The number of benzene rings is 1. The Hall–Kier alpha value is -1.77. The molecule has 25 heavy (non-hydrogen) atoms. The minimum absolute atomic E-state index is 0.104. The van der Waals surface area contributed by atoms with Gasteiger partial charge in [0, 0.05) is 0 Å². The first kappa shape index (κ1) is 19.6. The van der Waals surface area contributed by atoms with Crippen molar-refractivity contribution in [1.29, 1.82) is 0 Å². The number of hydrogen-bond donors (Lipinski definition) is 2. The molecule has 0 saturated heterocycles. The molecule has 7 heteroatoms. The summed E-state index contributed by atoms with van der Waals surface area (Å²) >= 11 is -2.29. The van der Waals surface area contributed by atoms with Crippen LogP contribution in [0.15, 0.2) is 30.5 Å². The summed E-state index contributed by atoms with van der Waals surface area (Å²) in [5.74, 6) is 4.89. The van der Waals surface area contributed by atoms with Crippen molar-refractivity contribution >= 4 is 23.6 Å². The summed E-state index contributed by atoms with van der Waals surface area (Å²) in [4.78, 5) is 19.3. The first-order valence-corrected chi connectivity index (χ1v) is 15.2. The second kappa shape index (κ2) is 6.86. The van der Waals surface area contributed by atoms with Crippen LogP contribution in [-0.4, -0.2) is 34.6 Å². The van der Waals surface area contributed by atoms with E-state index in [0.29, 0.717) is 5.69 Å². The van der Waals surface area contributed by atoms with Crippen LogP contribution in [0.1, 0.15) is 29.8 Å². The number of nitrogens with zero attached hydrogens (tertiary/aromatic N) is 1. The van der Waals surface area contributed by atoms with Crippen molar-refractivity contribution in [2.45, 2.75) is 36.7 Å². The number of carbonyl (C=O) groups excluding carboxylic acids is 1. The summed E-state index contributed by atoms with van der Waals surface area (Å²) in [7, 11) is 0. The van der Waals surface area contributed by atoms with E-state index in [1.807, 2.05) is 0 Å². The van der Waals surface area contributed by atoms with Gasteiger partial charge in [0.2, 0.25) is 0 Å². The van der Waals surface area contributed by atoms with E-state index in [1.165, 1.54) is 12.1 Å².